The first kappa shape index (κ1) is 22.0. The largest absolute Gasteiger partial charge is 0.416 e. The van der Waals surface area contributed by atoms with Crippen molar-refractivity contribution in [3.8, 4) is 0 Å². The topological polar surface area (TPSA) is 64.7 Å². The Balaban J connectivity index is 1.36. The summed E-state index contributed by atoms with van der Waals surface area (Å²) in [5.41, 5.74) is 1.35. The maximum atomic E-state index is 13.0. The minimum Gasteiger partial charge on any atom is -0.372 e. The molecule has 2 aliphatic rings. The molecule has 170 valence electrons. The summed E-state index contributed by atoms with van der Waals surface area (Å²) in [6.07, 6.45) is -0.833. The standard InChI is InChI=1S/C23H25F3N4O2/c24-23(25,26)16-5-7-17(8-6-16)27-22(32)28-20-4-3-15-30(21(20)31)19-11-9-18(10-12-19)29-13-1-2-14-29/h5-12,20H,1-4,13-15H2,(H2,27,28,32). The number of piperidine rings is 1. The van der Waals surface area contributed by atoms with Crippen LogP contribution in [0.3, 0.4) is 0 Å². The predicted octanol–water partition coefficient (Wildman–Crippen LogP) is 4.62. The molecule has 0 aromatic heterocycles. The highest BCUT2D eigenvalue weighted by atomic mass is 19.4. The normalized spacial score (nSPS) is 19.2. The van der Waals surface area contributed by atoms with Gasteiger partial charge in [-0.15, -0.1) is 0 Å². The number of amides is 3. The number of urea groups is 1. The third-order valence-corrected chi connectivity index (χ3v) is 5.85. The first-order valence-electron chi connectivity index (χ1n) is 10.7. The molecule has 2 aliphatic heterocycles. The Labute approximate surface area is 184 Å². The van der Waals surface area contributed by atoms with Gasteiger partial charge in [-0.2, -0.15) is 13.2 Å². The van der Waals surface area contributed by atoms with Crippen molar-refractivity contribution >= 4 is 29.0 Å². The van der Waals surface area contributed by atoms with E-state index < -0.39 is 23.8 Å². The lowest BCUT2D eigenvalue weighted by molar-refractivity contribution is -0.137. The summed E-state index contributed by atoms with van der Waals surface area (Å²) in [5.74, 6) is -0.201. The average Bonchev–Trinajstić information content (AvgIpc) is 3.30. The molecule has 2 N–H and O–H groups in total. The number of hydrogen-bond acceptors (Lipinski definition) is 3. The van der Waals surface area contributed by atoms with E-state index in [1.165, 1.54) is 25.0 Å². The maximum absolute atomic E-state index is 13.0. The van der Waals surface area contributed by atoms with Crippen molar-refractivity contribution in [2.75, 3.05) is 34.8 Å². The van der Waals surface area contributed by atoms with Gasteiger partial charge in [0, 0.05) is 36.7 Å². The Morgan fingerprint density at radius 1 is 0.875 bits per heavy atom. The number of carbonyl (C=O) groups is 2. The minimum absolute atomic E-state index is 0.201. The molecule has 2 fully saturated rings. The molecule has 1 atom stereocenters. The lowest BCUT2D eigenvalue weighted by Crippen LogP contribution is -2.53. The number of carbonyl (C=O) groups excluding carboxylic acids is 2. The number of nitrogens with zero attached hydrogens (tertiary/aromatic N) is 2. The molecule has 1 unspecified atom stereocenters. The summed E-state index contributed by atoms with van der Waals surface area (Å²) in [6, 6.07) is 10.7. The van der Waals surface area contributed by atoms with Crippen molar-refractivity contribution < 1.29 is 22.8 Å². The molecule has 32 heavy (non-hydrogen) atoms. The summed E-state index contributed by atoms with van der Waals surface area (Å²) in [6.45, 7) is 2.66. The third-order valence-electron chi connectivity index (χ3n) is 5.85. The fourth-order valence-corrected chi connectivity index (χ4v) is 4.15. The van der Waals surface area contributed by atoms with Crippen LogP contribution in [0.4, 0.5) is 35.0 Å². The van der Waals surface area contributed by atoms with Crippen LogP contribution in [0.1, 0.15) is 31.2 Å². The Hall–Kier alpha value is -3.23. The summed E-state index contributed by atoms with van der Waals surface area (Å²) in [5, 5.41) is 5.13. The van der Waals surface area contributed by atoms with Crippen molar-refractivity contribution in [1.29, 1.82) is 0 Å². The van der Waals surface area contributed by atoms with Crippen LogP contribution in [0.25, 0.3) is 0 Å². The molecule has 4 rings (SSSR count). The molecule has 2 aromatic carbocycles. The number of alkyl halides is 3. The van der Waals surface area contributed by atoms with Gasteiger partial charge in [0.15, 0.2) is 0 Å². The summed E-state index contributed by atoms with van der Waals surface area (Å²) >= 11 is 0. The number of benzene rings is 2. The van der Waals surface area contributed by atoms with E-state index in [0.717, 1.165) is 43.0 Å². The molecule has 2 aromatic rings. The highest BCUT2D eigenvalue weighted by Crippen LogP contribution is 2.30. The zero-order chi connectivity index (χ0) is 22.7. The molecule has 2 heterocycles. The highest BCUT2D eigenvalue weighted by Gasteiger charge is 2.32. The van der Waals surface area contributed by atoms with E-state index in [4.69, 9.17) is 0 Å². The zero-order valence-corrected chi connectivity index (χ0v) is 17.5. The van der Waals surface area contributed by atoms with Crippen molar-refractivity contribution in [3.05, 3.63) is 54.1 Å². The number of halogens is 3. The van der Waals surface area contributed by atoms with E-state index >= 15 is 0 Å². The quantitative estimate of drug-likeness (QED) is 0.720. The third kappa shape index (κ3) is 4.98. The summed E-state index contributed by atoms with van der Waals surface area (Å²) in [4.78, 5) is 29.3. The summed E-state index contributed by atoms with van der Waals surface area (Å²) in [7, 11) is 0. The van der Waals surface area contributed by atoms with E-state index in [9.17, 15) is 22.8 Å². The number of hydrogen-bond donors (Lipinski definition) is 2. The lowest BCUT2D eigenvalue weighted by atomic mass is 10.0. The van der Waals surface area contributed by atoms with Gasteiger partial charge in [-0.3, -0.25) is 4.79 Å². The second kappa shape index (κ2) is 9.10. The second-order valence-corrected chi connectivity index (χ2v) is 8.07. The zero-order valence-electron chi connectivity index (χ0n) is 17.5. The molecule has 9 heteroatoms. The molecule has 3 amide bonds. The van der Waals surface area contributed by atoms with E-state index in [1.807, 2.05) is 24.3 Å². The van der Waals surface area contributed by atoms with Crippen LogP contribution >= 0.6 is 0 Å². The van der Waals surface area contributed by atoms with Gasteiger partial charge in [-0.1, -0.05) is 0 Å². The van der Waals surface area contributed by atoms with Gasteiger partial charge < -0.3 is 20.4 Å². The number of anilines is 3. The van der Waals surface area contributed by atoms with Gasteiger partial charge in [-0.25, -0.2) is 4.79 Å². The summed E-state index contributed by atoms with van der Waals surface area (Å²) < 4.78 is 38.0. The SMILES string of the molecule is O=C(Nc1ccc(C(F)(F)F)cc1)NC1CCCN(c2ccc(N3CCCC3)cc2)C1=O. The fourth-order valence-electron chi connectivity index (χ4n) is 4.15. The van der Waals surface area contributed by atoms with Gasteiger partial charge in [-0.05, 0) is 74.2 Å². The first-order valence-corrected chi connectivity index (χ1v) is 10.7. The monoisotopic (exact) mass is 446 g/mol. The molecular formula is C23H25F3N4O2. The Bertz CT molecular complexity index is 955. The van der Waals surface area contributed by atoms with Gasteiger partial charge in [0.2, 0.25) is 5.91 Å². The Kier molecular flexibility index (Phi) is 6.25. The molecule has 2 saturated heterocycles. The first-order chi connectivity index (χ1) is 15.3. The van der Waals surface area contributed by atoms with Crippen LogP contribution in [-0.4, -0.2) is 37.6 Å². The molecule has 0 spiro atoms. The Morgan fingerprint density at radius 3 is 2.12 bits per heavy atom. The minimum atomic E-state index is -4.44. The second-order valence-electron chi connectivity index (χ2n) is 8.07. The van der Waals surface area contributed by atoms with E-state index in [-0.39, 0.29) is 11.6 Å². The van der Waals surface area contributed by atoms with Crippen LogP contribution in [0.5, 0.6) is 0 Å². The predicted molar refractivity (Wildman–Crippen MR) is 117 cm³/mol. The molecule has 0 bridgehead atoms. The number of nitrogens with one attached hydrogen (secondary N) is 2. The van der Waals surface area contributed by atoms with E-state index in [0.29, 0.717) is 13.0 Å². The van der Waals surface area contributed by atoms with Gasteiger partial charge in [0.1, 0.15) is 6.04 Å². The van der Waals surface area contributed by atoms with Crippen molar-refractivity contribution in [1.82, 2.24) is 5.32 Å². The maximum Gasteiger partial charge on any atom is 0.416 e. The molecule has 0 aliphatic carbocycles. The van der Waals surface area contributed by atoms with E-state index in [2.05, 4.69) is 15.5 Å². The van der Waals surface area contributed by atoms with Crippen molar-refractivity contribution in [2.24, 2.45) is 0 Å². The van der Waals surface area contributed by atoms with Crippen LogP contribution in [0, 0.1) is 0 Å². The van der Waals surface area contributed by atoms with Crippen molar-refractivity contribution in [2.45, 2.75) is 37.9 Å². The fraction of sp³-hybridized carbons (Fsp3) is 0.391. The van der Waals surface area contributed by atoms with Crippen LogP contribution in [0.15, 0.2) is 48.5 Å². The highest BCUT2D eigenvalue weighted by molar-refractivity contribution is 6.01. The molecule has 6 nitrogen and oxygen atoms in total. The van der Waals surface area contributed by atoms with Crippen LogP contribution in [0.2, 0.25) is 0 Å². The smallest absolute Gasteiger partial charge is 0.372 e. The molecule has 0 saturated carbocycles. The van der Waals surface area contributed by atoms with Crippen LogP contribution in [-0.2, 0) is 11.0 Å². The van der Waals surface area contributed by atoms with Gasteiger partial charge in [0.25, 0.3) is 0 Å². The van der Waals surface area contributed by atoms with E-state index in [1.54, 1.807) is 4.90 Å². The van der Waals surface area contributed by atoms with Crippen LogP contribution < -0.4 is 20.4 Å². The van der Waals surface area contributed by atoms with Gasteiger partial charge in [0.05, 0.1) is 5.56 Å². The number of rotatable bonds is 4. The van der Waals surface area contributed by atoms with Crippen molar-refractivity contribution in [3.63, 3.8) is 0 Å². The van der Waals surface area contributed by atoms with Gasteiger partial charge >= 0.3 is 12.2 Å². The average molecular weight is 446 g/mol. The molecular weight excluding hydrogens is 421 g/mol. The molecule has 0 radical (unpaired) electrons. The lowest BCUT2D eigenvalue weighted by Gasteiger charge is -2.33. The Morgan fingerprint density at radius 2 is 1.50 bits per heavy atom.